The van der Waals surface area contributed by atoms with E-state index < -0.39 is 0 Å². The fraction of sp³-hybridized carbons (Fsp3) is 0.412. The van der Waals surface area contributed by atoms with Crippen molar-refractivity contribution in [3.8, 4) is 5.75 Å². The zero-order valence-electron chi connectivity index (χ0n) is 12.3. The zero-order chi connectivity index (χ0) is 14.3. The first-order chi connectivity index (χ1) is 9.68. The van der Waals surface area contributed by atoms with Crippen LogP contribution in [0.25, 0.3) is 0 Å². The second-order valence-corrected chi connectivity index (χ2v) is 6.50. The predicted octanol–water partition coefficient (Wildman–Crippen LogP) is 4.08. The summed E-state index contributed by atoms with van der Waals surface area (Å²) < 4.78 is 5.67. The number of hydrogen-bond donors (Lipinski definition) is 1. The van der Waals surface area contributed by atoms with Crippen molar-refractivity contribution >= 4 is 11.3 Å². The van der Waals surface area contributed by atoms with Crippen molar-refractivity contribution in [2.24, 2.45) is 0 Å². The van der Waals surface area contributed by atoms with Crippen molar-refractivity contribution in [2.75, 3.05) is 19.7 Å². The average molecular weight is 289 g/mol. The number of para-hydroxylation sites is 1. The van der Waals surface area contributed by atoms with Gasteiger partial charge in [0.1, 0.15) is 5.75 Å². The standard InChI is InChI=1S/C17H23NOS/c1-17(2,16-10-6-13-20-16)14-18-11-7-12-19-15-8-4-3-5-9-15/h3-6,8-10,13,18H,7,11-12,14H2,1-2H3. The Morgan fingerprint density at radius 1 is 1.10 bits per heavy atom. The van der Waals surface area contributed by atoms with Crippen molar-refractivity contribution in [2.45, 2.75) is 25.7 Å². The first kappa shape index (κ1) is 15.1. The monoisotopic (exact) mass is 289 g/mol. The summed E-state index contributed by atoms with van der Waals surface area (Å²) in [6, 6.07) is 14.3. The van der Waals surface area contributed by atoms with Gasteiger partial charge in [-0.1, -0.05) is 38.1 Å². The molecule has 2 nitrogen and oxygen atoms in total. The molecule has 0 aliphatic heterocycles. The Kier molecular flexibility index (Phi) is 5.62. The lowest BCUT2D eigenvalue weighted by Crippen LogP contribution is -2.33. The molecule has 0 aliphatic rings. The van der Waals surface area contributed by atoms with Crippen LogP contribution in [-0.2, 0) is 5.41 Å². The molecule has 3 heteroatoms. The van der Waals surface area contributed by atoms with Gasteiger partial charge >= 0.3 is 0 Å². The smallest absolute Gasteiger partial charge is 0.119 e. The van der Waals surface area contributed by atoms with Crippen LogP contribution in [0.15, 0.2) is 47.8 Å². The largest absolute Gasteiger partial charge is 0.494 e. The summed E-state index contributed by atoms with van der Waals surface area (Å²) in [7, 11) is 0. The quantitative estimate of drug-likeness (QED) is 0.739. The predicted molar refractivity (Wildman–Crippen MR) is 86.8 cm³/mol. The molecule has 0 fully saturated rings. The van der Waals surface area contributed by atoms with Gasteiger partial charge in [0, 0.05) is 16.8 Å². The van der Waals surface area contributed by atoms with Crippen LogP contribution in [0.1, 0.15) is 25.1 Å². The summed E-state index contributed by atoms with van der Waals surface area (Å²) in [6.07, 6.45) is 1.02. The van der Waals surface area contributed by atoms with Gasteiger partial charge in [-0.25, -0.2) is 0 Å². The second kappa shape index (κ2) is 7.46. The van der Waals surface area contributed by atoms with Crippen LogP contribution >= 0.6 is 11.3 Å². The van der Waals surface area contributed by atoms with Crippen LogP contribution in [0.5, 0.6) is 5.75 Å². The molecule has 1 N–H and O–H groups in total. The number of thiophene rings is 1. The van der Waals surface area contributed by atoms with E-state index in [4.69, 9.17) is 4.74 Å². The summed E-state index contributed by atoms with van der Waals surface area (Å²) in [4.78, 5) is 1.44. The topological polar surface area (TPSA) is 21.3 Å². The SMILES string of the molecule is CC(C)(CNCCCOc1ccccc1)c1cccs1. The Bertz CT molecular complexity index is 479. The van der Waals surface area contributed by atoms with Crippen molar-refractivity contribution in [1.82, 2.24) is 5.32 Å². The highest BCUT2D eigenvalue weighted by atomic mass is 32.1. The molecule has 0 aliphatic carbocycles. The average Bonchev–Trinajstić information content (AvgIpc) is 2.99. The van der Waals surface area contributed by atoms with Crippen LogP contribution in [0.4, 0.5) is 0 Å². The van der Waals surface area contributed by atoms with Crippen LogP contribution in [0.3, 0.4) is 0 Å². The molecule has 0 atom stereocenters. The molecule has 0 unspecified atom stereocenters. The van der Waals surface area contributed by atoms with Crippen molar-refractivity contribution in [3.05, 3.63) is 52.7 Å². The molecule has 20 heavy (non-hydrogen) atoms. The van der Waals surface area contributed by atoms with Gasteiger partial charge < -0.3 is 10.1 Å². The summed E-state index contributed by atoms with van der Waals surface area (Å²) in [5.74, 6) is 0.950. The number of nitrogens with one attached hydrogen (secondary N) is 1. The van der Waals surface area contributed by atoms with E-state index in [-0.39, 0.29) is 5.41 Å². The third-order valence-corrected chi connectivity index (χ3v) is 4.50. The third kappa shape index (κ3) is 4.66. The fourth-order valence-corrected chi connectivity index (χ4v) is 2.91. The van der Waals surface area contributed by atoms with Crippen LogP contribution in [0.2, 0.25) is 0 Å². The molecular formula is C17H23NOS. The Morgan fingerprint density at radius 2 is 1.90 bits per heavy atom. The van der Waals surface area contributed by atoms with E-state index in [1.54, 1.807) is 0 Å². The number of benzene rings is 1. The molecule has 0 radical (unpaired) electrons. The van der Waals surface area contributed by atoms with E-state index >= 15 is 0 Å². The summed E-state index contributed by atoms with van der Waals surface area (Å²) in [5, 5.41) is 5.67. The minimum absolute atomic E-state index is 0.203. The summed E-state index contributed by atoms with van der Waals surface area (Å²) in [5.41, 5.74) is 0.203. The Morgan fingerprint density at radius 3 is 2.60 bits per heavy atom. The van der Waals surface area contributed by atoms with E-state index in [2.05, 4.69) is 36.7 Å². The van der Waals surface area contributed by atoms with Gasteiger partial charge in [0.25, 0.3) is 0 Å². The van der Waals surface area contributed by atoms with Crippen molar-refractivity contribution in [3.63, 3.8) is 0 Å². The summed E-state index contributed by atoms with van der Waals surface area (Å²) >= 11 is 1.83. The van der Waals surface area contributed by atoms with Crippen molar-refractivity contribution < 1.29 is 4.74 Å². The Balaban J connectivity index is 1.60. The van der Waals surface area contributed by atoms with Crippen LogP contribution < -0.4 is 10.1 Å². The third-order valence-electron chi connectivity index (χ3n) is 3.26. The van der Waals surface area contributed by atoms with Crippen LogP contribution in [-0.4, -0.2) is 19.7 Å². The van der Waals surface area contributed by atoms with Crippen molar-refractivity contribution in [1.29, 1.82) is 0 Å². The first-order valence-electron chi connectivity index (χ1n) is 7.11. The molecule has 2 aromatic rings. The number of rotatable bonds is 8. The first-order valence-corrected chi connectivity index (χ1v) is 7.99. The fourth-order valence-electron chi connectivity index (χ4n) is 2.06. The Labute approximate surface area is 125 Å². The molecule has 0 bridgehead atoms. The molecule has 0 amide bonds. The lowest BCUT2D eigenvalue weighted by atomic mass is 9.91. The minimum Gasteiger partial charge on any atom is -0.494 e. The lowest BCUT2D eigenvalue weighted by Gasteiger charge is -2.23. The van der Waals surface area contributed by atoms with Gasteiger partial charge in [0.2, 0.25) is 0 Å². The molecule has 2 rings (SSSR count). The highest BCUT2D eigenvalue weighted by Crippen LogP contribution is 2.26. The van der Waals surface area contributed by atoms with Gasteiger partial charge in [-0.2, -0.15) is 0 Å². The molecule has 0 saturated carbocycles. The van der Waals surface area contributed by atoms with Gasteiger partial charge in [-0.05, 0) is 36.5 Å². The maximum absolute atomic E-state index is 5.67. The van der Waals surface area contributed by atoms with Gasteiger partial charge in [0.15, 0.2) is 0 Å². The number of ether oxygens (including phenoxy) is 1. The van der Waals surface area contributed by atoms with Gasteiger partial charge in [-0.3, -0.25) is 0 Å². The lowest BCUT2D eigenvalue weighted by molar-refractivity contribution is 0.305. The van der Waals surface area contributed by atoms with Crippen LogP contribution in [0, 0.1) is 0 Å². The highest BCUT2D eigenvalue weighted by Gasteiger charge is 2.20. The second-order valence-electron chi connectivity index (χ2n) is 5.55. The highest BCUT2D eigenvalue weighted by molar-refractivity contribution is 7.10. The summed E-state index contributed by atoms with van der Waals surface area (Å²) in [6.45, 7) is 7.32. The minimum atomic E-state index is 0.203. The number of hydrogen-bond acceptors (Lipinski definition) is 3. The normalized spacial score (nSPS) is 11.5. The molecule has 1 aromatic heterocycles. The molecule has 1 heterocycles. The molecule has 1 aromatic carbocycles. The van der Waals surface area contributed by atoms with E-state index in [0.717, 1.165) is 31.9 Å². The zero-order valence-corrected chi connectivity index (χ0v) is 13.1. The van der Waals surface area contributed by atoms with E-state index in [0.29, 0.717) is 0 Å². The maximum Gasteiger partial charge on any atom is 0.119 e. The van der Waals surface area contributed by atoms with E-state index in [1.807, 2.05) is 41.7 Å². The van der Waals surface area contributed by atoms with E-state index in [1.165, 1.54) is 4.88 Å². The molecule has 108 valence electrons. The van der Waals surface area contributed by atoms with Gasteiger partial charge in [0.05, 0.1) is 6.61 Å². The molecular weight excluding hydrogens is 266 g/mol. The molecule has 0 saturated heterocycles. The molecule has 0 spiro atoms. The van der Waals surface area contributed by atoms with E-state index in [9.17, 15) is 0 Å². The Hall–Kier alpha value is -1.32. The van der Waals surface area contributed by atoms with Gasteiger partial charge in [-0.15, -0.1) is 11.3 Å². The maximum atomic E-state index is 5.67.